The largest absolute Gasteiger partial charge is 0.380 e. The lowest BCUT2D eigenvalue weighted by Gasteiger charge is -2.21. The Morgan fingerprint density at radius 2 is 1.89 bits per heavy atom. The lowest BCUT2D eigenvalue weighted by atomic mass is 10.1. The van der Waals surface area contributed by atoms with E-state index in [1.807, 2.05) is 39.6 Å². The SMILES string of the molecule is C=C(/C=C(/C#N)C(=C)N(C)CCOCC)CC.CC. The summed E-state index contributed by atoms with van der Waals surface area (Å²) in [6.07, 6.45) is 2.63. The van der Waals surface area contributed by atoms with E-state index in [9.17, 15) is 0 Å². The van der Waals surface area contributed by atoms with Crippen LogP contribution < -0.4 is 0 Å². The van der Waals surface area contributed by atoms with Crippen LogP contribution in [0.5, 0.6) is 0 Å². The van der Waals surface area contributed by atoms with Gasteiger partial charge < -0.3 is 9.64 Å². The molecular formula is C16H28N2O. The summed E-state index contributed by atoms with van der Waals surface area (Å²) < 4.78 is 5.27. The maximum atomic E-state index is 9.08. The van der Waals surface area contributed by atoms with E-state index in [2.05, 4.69) is 19.2 Å². The number of allylic oxidation sites excluding steroid dienone is 3. The van der Waals surface area contributed by atoms with E-state index >= 15 is 0 Å². The average molecular weight is 264 g/mol. The Labute approximate surface area is 118 Å². The van der Waals surface area contributed by atoms with Crippen LogP contribution in [-0.2, 0) is 4.74 Å². The third kappa shape index (κ3) is 9.10. The number of ether oxygens (including phenoxy) is 1. The van der Waals surface area contributed by atoms with Crippen molar-refractivity contribution in [3.8, 4) is 6.07 Å². The first-order chi connectivity index (χ1) is 9.06. The van der Waals surface area contributed by atoms with Crippen molar-refractivity contribution < 1.29 is 4.74 Å². The molecule has 3 heteroatoms. The van der Waals surface area contributed by atoms with Gasteiger partial charge >= 0.3 is 0 Å². The summed E-state index contributed by atoms with van der Waals surface area (Å²) in [5, 5.41) is 9.08. The number of rotatable bonds is 8. The zero-order valence-electron chi connectivity index (χ0n) is 13.1. The van der Waals surface area contributed by atoms with Gasteiger partial charge in [0.05, 0.1) is 12.2 Å². The van der Waals surface area contributed by atoms with Crippen molar-refractivity contribution in [2.45, 2.75) is 34.1 Å². The molecule has 0 aromatic rings. The monoisotopic (exact) mass is 264 g/mol. The van der Waals surface area contributed by atoms with Crippen molar-refractivity contribution >= 4 is 0 Å². The Morgan fingerprint density at radius 3 is 2.32 bits per heavy atom. The highest BCUT2D eigenvalue weighted by Crippen LogP contribution is 2.14. The molecule has 108 valence electrons. The molecule has 0 aromatic carbocycles. The molecule has 0 saturated carbocycles. The summed E-state index contributed by atoms with van der Waals surface area (Å²) >= 11 is 0. The van der Waals surface area contributed by atoms with Gasteiger partial charge in [-0.2, -0.15) is 5.26 Å². The summed E-state index contributed by atoms with van der Waals surface area (Å²) in [5.74, 6) is 0. The molecule has 19 heavy (non-hydrogen) atoms. The van der Waals surface area contributed by atoms with E-state index < -0.39 is 0 Å². The molecule has 0 atom stereocenters. The van der Waals surface area contributed by atoms with Crippen LogP contribution in [0.2, 0.25) is 0 Å². The van der Waals surface area contributed by atoms with Crippen molar-refractivity contribution in [1.29, 1.82) is 5.26 Å². The van der Waals surface area contributed by atoms with Gasteiger partial charge in [0.2, 0.25) is 0 Å². The summed E-state index contributed by atoms with van der Waals surface area (Å²) in [4.78, 5) is 1.92. The van der Waals surface area contributed by atoms with Crippen molar-refractivity contribution in [2.24, 2.45) is 0 Å². The van der Waals surface area contributed by atoms with Gasteiger partial charge in [0, 0.05) is 25.9 Å². The molecule has 0 saturated heterocycles. The molecule has 0 spiro atoms. The Kier molecular flexibility index (Phi) is 13.5. The lowest BCUT2D eigenvalue weighted by molar-refractivity contribution is 0.131. The summed E-state index contributed by atoms with van der Waals surface area (Å²) in [7, 11) is 1.90. The fourth-order valence-electron chi connectivity index (χ4n) is 1.17. The van der Waals surface area contributed by atoms with Crippen LogP contribution in [0, 0.1) is 11.3 Å². The molecule has 0 aliphatic carbocycles. The molecule has 0 heterocycles. The van der Waals surface area contributed by atoms with Crippen LogP contribution in [0.1, 0.15) is 34.1 Å². The first-order valence-corrected chi connectivity index (χ1v) is 6.84. The molecule has 0 amide bonds. The first-order valence-electron chi connectivity index (χ1n) is 6.84. The van der Waals surface area contributed by atoms with E-state index in [-0.39, 0.29) is 0 Å². The normalized spacial score (nSPS) is 10.0. The van der Waals surface area contributed by atoms with Gasteiger partial charge in [-0.3, -0.25) is 0 Å². The second-order valence-corrected chi connectivity index (χ2v) is 3.75. The van der Waals surface area contributed by atoms with E-state index in [0.717, 1.165) is 18.5 Å². The minimum atomic E-state index is 0.566. The van der Waals surface area contributed by atoms with Gasteiger partial charge in [-0.15, -0.1) is 0 Å². The third-order valence-corrected chi connectivity index (χ3v) is 2.47. The zero-order valence-corrected chi connectivity index (χ0v) is 13.1. The van der Waals surface area contributed by atoms with E-state index in [1.54, 1.807) is 6.08 Å². The van der Waals surface area contributed by atoms with Crippen LogP contribution in [0.25, 0.3) is 0 Å². The van der Waals surface area contributed by atoms with Crippen LogP contribution in [0.3, 0.4) is 0 Å². The summed E-state index contributed by atoms with van der Waals surface area (Å²) in [6, 6.07) is 2.16. The second-order valence-electron chi connectivity index (χ2n) is 3.75. The predicted molar refractivity (Wildman–Crippen MR) is 82.7 cm³/mol. The highest BCUT2D eigenvalue weighted by molar-refractivity contribution is 5.43. The maximum Gasteiger partial charge on any atom is 0.101 e. The fraction of sp³-hybridized carbons (Fsp3) is 0.562. The molecule has 0 radical (unpaired) electrons. The minimum Gasteiger partial charge on any atom is -0.380 e. The predicted octanol–water partition coefficient (Wildman–Crippen LogP) is 3.91. The number of hydrogen-bond acceptors (Lipinski definition) is 3. The molecule has 0 rings (SSSR count). The maximum absolute atomic E-state index is 9.08. The molecule has 0 aromatic heterocycles. The number of likely N-dealkylation sites (N-methyl/N-ethyl adjacent to an activating group) is 1. The first kappa shape index (κ1) is 19.8. The Bertz CT molecular complexity index is 337. The summed E-state index contributed by atoms with van der Waals surface area (Å²) in [6.45, 7) is 17.8. The molecule has 0 fully saturated rings. The molecule has 0 unspecified atom stereocenters. The number of nitriles is 1. The van der Waals surface area contributed by atoms with Crippen molar-refractivity contribution in [2.75, 3.05) is 26.8 Å². The Morgan fingerprint density at radius 1 is 1.32 bits per heavy atom. The van der Waals surface area contributed by atoms with Gasteiger partial charge in [-0.1, -0.05) is 39.5 Å². The quantitative estimate of drug-likeness (QED) is 0.379. The number of hydrogen-bond donors (Lipinski definition) is 0. The lowest BCUT2D eigenvalue weighted by Crippen LogP contribution is -2.23. The Hall–Kier alpha value is -1.53. The van der Waals surface area contributed by atoms with Gasteiger partial charge in [-0.25, -0.2) is 0 Å². The van der Waals surface area contributed by atoms with E-state index in [4.69, 9.17) is 10.00 Å². The molecule has 0 bridgehead atoms. The van der Waals surface area contributed by atoms with Gasteiger partial charge in [-0.05, 0) is 19.4 Å². The van der Waals surface area contributed by atoms with Crippen molar-refractivity contribution in [1.82, 2.24) is 4.90 Å². The molecule has 0 aliphatic rings. The standard InChI is InChI=1S/C14H22N2O.C2H6/c1-6-12(3)10-14(11-15)13(4)16(5)8-9-17-7-2;1-2/h10H,3-4,6-9H2,1-2,5H3;1-2H3/b14-10-;. The summed E-state index contributed by atoms with van der Waals surface area (Å²) in [5.41, 5.74) is 2.21. The average Bonchev–Trinajstić information content (AvgIpc) is 2.45. The van der Waals surface area contributed by atoms with Crippen LogP contribution in [0.15, 0.2) is 36.1 Å². The minimum absolute atomic E-state index is 0.566. The number of nitrogens with zero attached hydrogens (tertiary/aromatic N) is 2. The van der Waals surface area contributed by atoms with Crippen LogP contribution >= 0.6 is 0 Å². The van der Waals surface area contributed by atoms with Gasteiger partial charge in [0.15, 0.2) is 0 Å². The van der Waals surface area contributed by atoms with Gasteiger partial charge in [0.1, 0.15) is 6.07 Å². The highest BCUT2D eigenvalue weighted by atomic mass is 16.5. The topological polar surface area (TPSA) is 36.3 Å². The smallest absolute Gasteiger partial charge is 0.101 e. The molecule has 0 aliphatic heterocycles. The van der Waals surface area contributed by atoms with Crippen molar-refractivity contribution in [3.05, 3.63) is 36.1 Å². The second kappa shape index (κ2) is 12.9. The van der Waals surface area contributed by atoms with Crippen LogP contribution in [-0.4, -0.2) is 31.7 Å². The van der Waals surface area contributed by atoms with Gasteiger partial charge in [0.25, 0.3) is 0 Å². The van der Waals surface area contributed by atoms with Crippen LogP contribution in [0.4, 0.5) is 0 Å². The Balaban J connectivity index is 0. The fourth-order valence-corrected chi connectivity index (χ4v) is 1.17. The zero-order chi connectivity index (χ0) is 15.3. The van der Waals surface area contributed by atoms with Crippen molar-refractivity contribution in [3.63, 3.8) is 0 Å². The molecular weight excluding hydrogens is 236 g/mol. The van der Waals surface area contributed by atoms with E-state index in [1.165, 1.54) is 0 Å². The molecule has 0 N–H and O–H groups in total. The molecule has 3 nitrogen and oxygen atoms in total. The third-order valence-electron chi connectivity index (χ3n) is 2.47. The van der Waals surface area contributed by atoms with E-state index in [0.29, 0.717) is 24.5 Å². The highest BCUT2D eigenvalue weighted by Gasteiger charge is 2.07.